The van der Waals surface area contributed by atoms with Gasteiger partial charge in [-0.2, -0.15) is 5.26 Å². The number of nitrogens with one attached hydrogen (secondary N) is 1. The lowest BCUT2D eigenvalue weighted by molar-refractivity contribution is -0.000629. The molecule has 2 rings (SSSR count). The first-order chi connectivity index (χ1) is 9.57. The number of likely N-dealkylation sites (N-methyl/N-ethyl adjacent to an activating group) is 1. The molecule has 0 saturated carbocycles. The number of anilines is 1. The lowest BCUT2D eigenvalue weighted by Gasteiger charge is -2.43. The van der Waals surface area contributed by atoms with E-state index in [1.807, 2.05) is 6.07 Å². The second kappa shape index (κ2) is 6.45. The second-order valence-electron chi connectivity index (χ2n) is 5.39. The maximum Gasteiger partial charge on any atom is 0.101 e. The molecule has 0 aromatic heterocycles. The number of halogens is 1. The third-order valence-corrected chi connectivity index (χ3v) is 4.32. The molecule has 0 unspecified atom stereocenters. The number of rotatable bonds is 4. The van der Waals surface area contributed by atoms with Crippen molar-refractivity contribution in [3.05, 3.63) is 28.8 Å². The fourth-order valence-corrected chi connectivity index (χ4v) is 2.73. The number of nitrogens with zero attached hydrogens (tertiary/aromatic N) is 2. The summed E-state index contributed by atoms with van der Waals surface area (Å²) in [6, 6.07) is 7.49. The van der Waals surface area contributed by atoms with Crippen molar-refractivity contribution in [2.75, 3.05) is 39.2 Å². The van der Waals surface area contributed by atoms with Crippen LogP contribution in [0.3, 0.4) is 0 Å². The first-order valence-electron chi connectivity index (χ1n) is 6.76. The first kappa shape index (κ1) is 15.1. The van der Waals surface area contributed by atoms with Crippen molar-refractivity contribution in [1.82, 2.24) is 4.90 Å². The van der Waals surface area contributed by atoms with Crippen molar-refractivity contribution in [2.45, 2.75) is 18.4 Å². The molecule has 4 nitrogen and oxygen atoms in total. The molecule has 0 spiro atoms. The van der Waals surface area contributed by atoms with Crippen LogP contribution in [0.5, 0.6) is 0 Å². The van der Waals surface area contributed by atoms with Gasteiger partial charge in [0.1, 0.15) is 6.07 Å². The summed E-state index contributed by atoms with van der Waals surface area (Å²) in [5.74, 6) is 0. The van der Waals surface area contributed by atoms with Crippen LogP contribution in [0.1, 0.15) is 18.4 Å². The Labute approximate surface area is 125 Å². The summed E-state index contributed by atoms with van der Waals surface area (Å²) >= 11 is 6.01. The van der Waals surface area contributed by atoms with Gasteiger partial charge in [0.2, 0.25) is 0 Å². The van der Waals surface area contributed by atoms with Gasteiger partial charge in [-0.3, -0.25) is 0 Å². The zero-order valence-corrected chi connectivity index (χ0v) is 12.7. The second-order valence-corrected chi connectivity index (χ2v) is 5.82. The standard InChI is InChI=1S/C15H20ClN3O/c1-19(2)15(5-7-20-8-6-15)11-18-14-9-13(16)4-3-12(14)10-17/h3-4,9,18H,5-8,11H2,1-2H3. The molecular formula is C15H20ClN3O. The van der Waals surface area contributed by atoms with E-state index in [0.717, 1.165) is 38.3 Å². The van der Waals surface area contributed by atoms with Gasteiger partial charge in [0.15, 0.2) is 0 Å². The van der Waals surface area contributed by atoms with Crippen molar-refractivity contribution in [1.29, 1.82) is 5.26 Å². The number of hydrogen-bond donors (Lipinski definition) is 1. The van der Waals surface area contributed by atoms with E-state index in [4.69, 9.17) is 21.6 Å². The monoisotopic (exact) mass is 293 g/mol. The molecule has 5 heteroatoms. The predicted molar refractivity (Wildman–Crippen MR) is 81.1 cm³/mol. The highest BCUT2D eigenvalue weighted by Gasteiger charge is 2.34. The van der Waals surface area contributed by atoms with E-state index in [0.29, 0.717) is 10.6 Å². The van der Waals surface area contributed by atoms with Gasteiger partial charge in [0, 0.05) is 30.3 Å². The Hall–Kier alpha value is -1.28. The Morgan fingerprint density at radius 1 is 1.40 bits per heavy atom. The van der Waals surface area contributed by atoms with Gasteiger partial charge in [-0.15, -0.1) is 0 Å². The van der Waals surface area contributed by atoms with Crippen LogP contribution in [0.15, 0.2) is 18.2 Å². The van der Waals surface area contributed by atoms with Crippen molar-refractivity contribution < 1.29 is 4.74 Å². The molecule has 108 valence electrons. The molecular weight excluding hydrogens is 274 g/mol. The molecule has 1 aliphatic heterocycles. The minimum absolute atomic E-state index is 0.0628. The highest BCUT2D eigenvalue weighted by molar-refractivity contribution is 6.30. The highest BCUT2D eigenvalue weighted by atomic mass is 35.5. The Morgan fingerprint density at radius 2 is 2.10 bits per heavy atom. The van der Waals surface area contributed by atoms with Crippen LogP contribution in [0.2, 0.25) is 5.02 Å². The molecule has 1 heterocycles. The maximum absolute atomic E-state index is 9.16. The van der Waals surface area contributed by atoms with Gasteiger partial charge in [0.25, 0.3) is 0 Å². The molecule has 0 bridgehead atoms. The molecule has 20 heavy (non-hydrogen) atoms. The summed E-state index contributed by atoms with van der Waals surface area (Å²) in [5, 5.41) is 13.2. The summed E-state index contributed by atoms with van der Waals surface area (Å²) in [6.45, 7) is 2.33. The van der Waals surface area contributed by atoms with Gasteiger partial charge in [-0.25, -0.2) is 0 Å². The zero-order chi connectivity index (χ0) is 14.6. The lowest BCUT2D eigenvalue weighted by Crippen LogP contribution is -2.53. The number of nitriles is 1. The Bertz CT molecular complexity index is 504. The van der Waals surface area contributed by atoms with Crippen molar-refractivity contribution in [3.63, 3.8) is 0 Å². The minimum atomic E-state index is 0.0628. The predicted octanol–water partition coefficient (Wildman–Crippen LogP) is 2.73. The first-order valence-corrected chi connectivity index (χ1v) is 7.14. The zero-order valence-electron chi connectivity index (χ0n) is 11.9. The maximum atomic E-state index is 9.16. The molecule has 0 aliphatic carbocycles. The van der Waals surface area contributed by atoms with Crippen LogP contribution in [0.25, 0.3) is 0 Å². The van der Waals surface area contributed by atoms with Crippen LogP contribution in [-0.2, 0) is 4.74 Å². The summed E-state index contributed by atoms with van der Waals surface area (Å²) in [5.41, 5.74) is 1.48. The van der Waals surface area contributed by atoms with E-state index in [2.05, 4.69) is 30.4 Å². The number of benzene rings is 1. The highest BCUT2D eigenvalue weighted by Crippen LogP contribution is 2.28. The summed E-state index contributed by atoms with van der Waals surface area (Å²) in [6.07, 6.45) is 1.96. The lowest BCUT2D eigenvalue weighted by atomic mass is 9.88. The van der Waals surface area contributed by atoms with Crippen molar-refractivity contribution >= 4 is 17.3 Å². The molecule has 0 atom stereocenters. The molecule has 1 saturated heterocycles. The van der Waals surface area contributed by atoms with E-state index >= 15 is 0 Å². The summed E-state index contributed by atoms with van der Waals surface area (Å²) in [4.78, 5) is 2.25. The third-order valence-electron chi connectivity index (χ3n) is 4.08. The molecule has 0 amide bonds. The van der Waals surface area contributed by atoms with Crippen LogP contribution < -0.4 is 5.32 Å². The number of ether oxygens (including phenoxy) is 1. The van der Waals surface area contributed by atoms with Crippen LogP contribution in [0, 0.1) is 11.3 Å². The normalized spacial score (nSPS) is 17.8. The smallest absolute Gasteiger partial charge is 0.101 e. The van der Waals surface area contributed by atoms with E-state index in [-0.39, 0.29) is 5.54 Å². The van der Waals surface area contributed by atoms with E-state index < -0.39 is 0 Å². The molecule has 1 aromatic rings. The largest absolute Gasteiger partial charge is 0.382 e. The van der Waals surface area contributed by atoms with Gasteiger partial charge >= 0.3 is 0 Å². The fraction of sp³-hybridized carbons (Fsp3) is 0.533. The van der Waals surface area contributed by atoms with E-state index in [9.17, 15) is 0 Å². The van der Waals surface area contributed by atoms with Crippen molar-refractivity contribution in [2.24, 2.45) is 0 Å². The van der Waals surface area contributed by atoms with Crippen LogP contribution >= 0.6 is 11.6 Å². The van der Waals surface area contributed by atoms with Crippen molar-refractivity contribution in [3.8, 4) is 6.07 Å². The number of hydrogen-bond acceptors (Lipinski definition) is 4. The third kappa shape index (κ3) is 3.24. The van der Waals surface area contributed by atoms with E-state index in [1.165, 1.54) is 0 Å². The van der Waals surface area contributed by atoms with Crippen LogP contribution in [-0.4, -0.2) is 44.3 Å². The molecule has 1 aromatic carbocycles. The molecule has 1 fully saturated rings. The van der Waals surface area contributed by atoms with Crippen LogP contribution in [0.4, 0.5) is 5.69 Å². The minimum Gasteiger partial charge on any atom is -0.382 e. The Kier molecular flexibility index (Phi) is 4.87. The Balaban J connectivity index is 2.14. The van der Waals surface area contributed by atoms with Gasteiger partial charge in [0.05, 0.1) is 11.3 Å². The van der Waals surface area contributed by atoms with Gasteiger partial charge < -0.3 is 15.0 Å². The average Bonchev–Trinajstić information content (AvgIpc) is 2.46. The summed E-state index contributed by atoms with van der Waals surface area (Å²) in [7, 11) is 4.19. The quantitative estimate of drug-likeness (QED) is 0.927. The molecule has 0 radical (unpaired) electrons. The van der Waals surface area contributed by atoms with Gasteiger partial charge in [-0.1, -0.05) is 11.6 Å². The topological polar surface area (TPSA) is 48.3 Å². The average molecular weight is 294 g/mol. The SMILES string of the molecule is CN(C)C1(CNc2cc(Cl)ccc2C#N)CCOCC1. The van der Waals surface area contributed by atoms with Gasteiger partial charge in [-0.05, 0) is 45.1 Å². The fourth-order valence-electron chi connectivity index (χ4n) is 2.55. The molecule has 1 N–H and O–H groups in total. The Morgan fingerprint density at radius 3 is 2.70 bits per heavy atom. The summed E-state index contributed by atoms with van der Waals surface area (Å²) < 4.78 is 5.46. The molecule has 1 aliphatic rings. The van der Waals surface area contributed by atoms with E-state index in [1.54, 1.807) is 12.1 Å².